The van der Waals surface area contributed by atoms with E-state index < -0.39 is 6.03 Å². The van der Waals surface area contributed by atoms with Gasteiger partial charge in [-0.3, -0.25) is 0 Å². The van der Waals surface area contributed by atoms with Crippen molar-refractivity contribution in [3.8, 4) is 17.2 Å². The first-order valence-electron chi connectivity index (χ1n) is 5.43. The first kappa shape index (κ1) is 12.6. The second-order valence-corrected chi connectivity index (χ2v) is 3.87. The molecule has 2 aromatic carbocycles. The van der Waals surface area contributed by atoms with E-state index in [1.165, 1.54) is 24.3 Å². The van der Waals surface area contributed by atoms with Crippen LogP contribution in [0.15, 0.2) is 42.5 Å². The molecule has 2 amide bonds. The first-order chi connectivity index (χ1) is 9.02. The van der Waals surface area contributed by atoms with Gasteiger partial charge in [-0.1, -0.05) is 6.07 Å². The minimum Gasteiger partial charge on any atom is -0.508 e. The summed E-state index contributed by atoms with van der Waals surface area (Å²) in [6.45, 7) is 0. The van der Waals surface area contributed by atoms with Crippen LogP contribution in [0.3, 0.4) is 0 Å². The quantitative estimate of drug-likeness (QED) is 0.572. The topological polar surface area (TPSA) is 102 Å². The van der Waals surface area contributed by atoms with Gasteiger partial charge < -0.3 is 26.0 Å². The van der Waals surface area contributed by atoms with Crippen LogP contribution >= 0.6 is 0 Å². The molecule has 0 aliphatic heterocycles. The molecule has 0 aromatic heterocycles. The lowest BCUT2D eigenvalue weighted by atomic mass is 10.3. The maximum Gasteiger partial charge on any atom is 0.323 e. The van der Waals surface area contributed by atoms with Crippen LogP contribution < -0.4 is 10.6 Å². The third kappa shape index (κ3) is 3.53. The van der Waals surface area contributed by atoms with Crippen LogP contribution in [0.5, 0.6) is 17.2 Å². The highest BCUT2D eigenvalue weighted by atomic mass is 16.3. The Morgan fingerprint density at radius 3 is 2.00 bits per heavy atom. The predicted octanol–water partition coefficient (Wildman–Crippen LogP) is 2.45. The Morgan fingerprint density at radius 2 is 1.37 bits per heavy atom. The van der Waals surface area contributed by atoms with Crippen LogP contribution in [0.25, 0.3) is 0 Å². The SMILES string of the molecule is O=C(Nc1cccc(O)c1)Nc1cc(O)cc(O)c1. The summed E-state index contributed by atoms with van der Waals surface area (Å²) in [5, 5.41) is 32.7. The number of phenols is 3. The highest BCUT2D eigenvalue weighted by Gasteiger charge is 2.05. The van der Waals surface area contributed by atoms with Gasteiger partial charge in [0, 0.05) is 35.6 Å². The number of hydrogen-bond acceptors (Lipinski definition) is 4. The molecule has 0 saturated heterocycles. The van der Waals surface area contributed by atoms with Gasteiger partial charge in [-0.2, -0.15) is 0 Å². The minimum atomic E-state index is -0.560. The number of amides is 2. The number of nitrogens with one attached hydrogen (secondary N) is 2. The Morgan fingerprint density at radius 1 is 0.789 bits per heavy atom. The van der Waals surface area contributed by atoms with E-state index in [9.17, 15) is 20.1 Å². The summed E-state index contributed by atoms with van der Waals surface area (Å²) in [4.78, 5) is 11.6. The van der Waals surface area contributed by atoms with Crippen molar-refractivity contribution in [2.45, 2.75) is 0 Å². The zero-order valence-electron chi connectivity index (χ0n) is 9.79. The van der Waals surface area contributed by atoms with Crippen molar-refractivity contribution in [2.24, 2.45) is 0 Å². The van der Waals surface area contributed by atoms with Crippen LogP contribution in [0.1, 0.15) is 0 Å². The average Bonchev–Trinajstić information content (AvgIpc) is 2.26. The first-order valence-corrected chi connectivity index (χ1v) is 5.43. The lowest BCUT2D eigenvalue weighted by Crippen LogP contribution is -2.19. The van der Waals surface area contributed by atoms with Crippen molar-refractivity contribution < 1.29 is 20.1 Å². The number of urea groups is 1. The fourth-order valence-corrected chi connectivity index (χ4v) is 1.54. The molecule has 0 aliphatic rings. The Labute approximate surface area is 108 Å². The van der Waals surface area contributed by atoms with Crippen LogP contribution in [0, 0.1) is 0 Å². The van der Waals surface area contributed by atoms with Crippen molar-refractivity contribution in [2.75, 3.05) is 10.6 Å². The van der Waals surface area contributed by atoms with Crippen molar-refractivity contribution in [1.82, 2.24) is 0 Å². The largest absolute Gasteiger partial charge is 0.508 e. The van der Waals surface area contributed by atoms with E-state index >= 15 is 0 Å². The molecule has 6 nitrogen and oxygen atoms in total. The number of phenolic OH excluding ortho intramolecular Hbond substituents is 3. The molecule has 0 bridgehead atoms. The molecular weight excluding hydrogens is 248 g/mol. The van der Waals surface area contributed by atoms with Crippen molar-refractivity contribution in [1.29, 1.82) is 0 Å². The van der Waals surface area contributed by atoms with Crippen molar-refractivity contribution in [3.63, 3.8) is 0 Å². The normalized spacial score (nSPS) is 9.89. The Bertz CT molecular complexity index is 593. The average molecular weight is 260 g/mol. The number of carbonyl (C=O) groups is 1. The van der Waals surface area contributed by atoms with E-state index in [2.05, 4.69) is 10.6 Å². The lowest BCUT2D eigenvalue weighted by Gasteiger charge is -2.08. The molecular formula is C13H12N2O4. The molecule has 0 atom stereocenters. The zero-order valence-corrected chi connectivity index (χ0v) is 9.79. The summed E-state index contributed by atoms with van der Waals surface area (Å²) in [7, 11) is 0. The molecule has 19 heavy (non-hydrogen) atoms. The maximum absolute atomic E-state index is 11.6. The third-order valence-corrected chi connectivity index (χ3v) is 2.26. The van der Waals surface area contributed by atoms with Gasteiger partial charge in [0.2, 0.25) is 0 Å². The number of carbonyl (C=O) groups excluding carboxylic acids is 1. The molecule has 0 radical (unpaired) electrons. The predicted molar refractivity (Wildman–Crippen MR) is 70.5 cm³/mol. The Hall–Kier alpha value is -2.89. The van der Waals surface area contributed by atoms with E-state index in [1.54, 1.807) is 12.1 Å². The molecule has 5 N–H and O–H groups in total. The van der Waals surface area contributed by atoms with Gasteiger partial charge in [0.15, 0.2) is 0 Å². The summed E-state index contributed by atoms with van der Waals surface area (Å²) in [5.41, 5.74) is 0.664. The molecule has 6 heteroatoms. The minimum absolute atomic E-state index is 0.0350. The smallest absolute Gasteiger partial charge is 0.323 e. The fraction of sp³-hybridized carbons (Fsp3) is 0. The van der Waals surface area contributed by atoms with Gasteiger partial charge >= 0.3 is 6.03 Å². The molecule has 2 rings (SSSR count). The summed E-state index contributed by atoms with van der Waals surface area (Å²) in [6, 6.07) is 9.25. The highest BCUT2D eigenvalue weighted by molar-refractivity contribution is 6.00. The van der Waals surface area contributed by atoms with Gasteiger partial charge in [-0.05, 0) is 12.1 Å². The molecule has 98 valence electrons. The summed E-state index contributed by atoms with van der Waals surface area (Å²) >= 11 is 0. The molecule has 0 unspecified atom stereocenters. The number of aromatic hydroxyl groups is 3. The monoisotopic (exact) mass is 260 g/mol. The second-order valence-electron chi connectivity index (χ2n) is 3.87. The fourth-order valence-electron chi connectivity index (χ4n) is 1.54. The summed E-state index contributed by atoms with van der Waals surface area (Å²) < 4.78 is 0. The van der Waals surface area contributed by atoms with Gasteiger partial charge in [-0.15, -0.1) is 0 Å². The molecule has 2 aromatic rings. The van der Waals surface area contributed by atoms with Gasteiger partial charge in [0.25, 0.3) is 0 Å². The number of anilines is 2. The van der Waals surface area contributed by atoms with E-state index in [4.69, 9.17) is 0 Å². The molecule has 0 spiro atoms. The van der Waals surface area contributed by atoms with Crippen LogP contribution in [0.4, 0.5) is 16.2 Å². The van der Waals surface area contributed by atoms with E-state index in [0.29, 0.717) is 5.69 Å². The Kier molecular flexibility index (Phi) is 3.42. The number of benzene rings is 2. The van der Waals surface area contributed by atoms with Gasteiger partial charge in [0.1, 0.15) is 17.2 Å². The van der Waals surface area contributed by atoms with Gasteiger partial charge in [-0.25, -0.2) is 4.79 Å². The van der Waals surface area contributed by atoms with E-state index in [0.717, 1.165) is 6.07 Å². The van der Waals surface area contributed by atoms with E-state index in [1.807, 2.05) is 0 Å². The standard InChI is InChI=1S/C13H12N2O4/c16-10-3-1-2-8(4-10)14-13(19)15-9-5-11(17)7-12(18)6-9/h1-7,16-18H,(H2,14,15,19). The van der Waals surface area contributed by atoms with E-state index in [-0.39, 0.29) is 22.9 Å². The van der Waals surface area contributed by atoms with Gasteiger partial charge in [0.05, 0.1) is 0 Å². The van der Waals surface area contributed by atoms with Crippen LogP contribution in [-0.2, 0) is 0 Å². The lowest BCUT2D eigenvalue weighted by molar-refractivity contribution is 0.262. The molecule has 0 heterocycles. The third-order valence-electron chi connectivity index (χ3n) is 2.26. The van der Waals surface area contributed by atoms with Crippen LogP contribution in [-0.4, -0.2) is 21.4 Å². The molecule has 0 fully saturated rings. The van der Waals surface area contributed by atoms with Crippen molar-refractivity contribution >= 4 is 17.4 Å². The second kappa shape index (κ2) is 5.18. The zero-order chi connectivity index (χ0) is 13.8. The summed E-state index contributed by atoms with van der Waals surface area (Å²) in [5.74, 6) is -0.284. The van der Waals surface area contributed by atoms with Crippen LogP contribution in [0.2, 0.25) is 0 Å². The highest BCUT2D eigenvalue weighted by Crippen LogP contribution is 2.24. The maximum atomic E-state index is 11.6. The molecule has 0 saturated carbocycles. The van der Waals surface area contributed by atoms with Crippen molar-refractivity contribution in [3.05, 3.63) is 42.5 Å². The number of rotatable bonds is 2. The Balaban J connectivity index is 2.05. The number of hydrogen-bond donors (Lipinski definition) is 5. The molecule has 0 aliphatic carbocycles. The summed E-state index contributed by atoms with van der Waals surface area (Å²) in [6.07, 6.45) is 0.